The van der Waals surface area contributed by atoms with Gasteiger partial charge in [0.2, 0.25) is 0 Å². The fourth-order valence-electron chi connectivity index (χ4n) is 3.94. The summed E-state index contributed by atoms with van der Waals surface area (Å²) in [5.41, 5.74) is 0.336. The van der Waals surface area contributed by atoms with Crippen molar-refractivity contribution >= 4 is 16.9 Å². The van der Waals surface area contributed by atoms with Crippen molar-refractivity contribution in [1.82, 2.24) is 19.1 Å². The fourth-order valence-corrected chi connectivity index (χ4v) is 5.91. The van der Waals surface area contributed by atoms with E-state index in [1.165, 1.54) is 0 Å². The Balaban J connectivity index is 0.00000210. The van der Waals surface area contributed by atoms with E-state index in [4.69, 9.17) is 4.52 Å². The van der Waals surface area contributed by atoms with E-state index in [-0.39, 0.29) is 19.4 Å². The first-order chi connectivity index (χ1) is 12.4. The van der Waals surface area contributed by atoms with Crippen molar-refractivity contribution in [2.45, 2.75) is 63.5 Å². The van der Waals surface area contributed by atoms with Gasteiger partial charge in [-0.15, -0.1) is 0 Å². The molecule has 0 bridgehead atoms. The molecule has 1 aromatic heterocycles. The monoisotopic (exact) mass is 386 g/mol. The standard InChI is InChI=1S/C17H28N4O4S.H2/c1-12-10-14(6-9-21(12)26(23,24)20-7-2-3-8-20)18-17(22)15-11-16(25-19-15)13-4-5-13;/h11-14,23-24H,2-10H2,1H3,(H,18,22);1H/t12-,14-;/m0./s1. The highest BCUT2D eigenvalue weighted by Crippen LogP contribution is 2.51. The highest BCUT2D eigenvalue weighted by atomic mass is 32.3. The minimum absolute atomic E-state index is 0. The van der Waals surface area contributed by atoms with Crippen molar-refractivity contribution in [2.75, 3.05) is 19.6 Å². The van der Waals surface area contributed by atoms with Gasteiger partial charge in [0.05, 0.1) is 0 Å². The zero-order valence-corrected chi connectivity index (χ0v) is 16.0. The number of aromatic nitrogens is 1. The third-order valence-corrected chi connectivity index (χ3v) is 7.85. The molecular formula is C17H30N4O4S. The second-order valence-electron chi connectivity index (χ2n) is 7.70. The van der Waals surface area contributed by atoms with Gasteiger partial charge < -0.3 is 9.84 Å². The Kier molecular flexibility index (Phi) is 5.00. The molecular weight excluding hydrogens is 356 g/mol. The Morgan fingerprint density at radius 3 is 2.69 bits per heavy atom. The van der Waals surface area contributed by atoms with E-state index in [2.05, 4.69) is 10.5 Å². The number of nitrogens with zero attached hydrogens (tertiary/aromatic N) is 3. The number of piperidine rings is 1. The average Bonchev–Trinajstić information content (AvgIpc) is 3.11. The summed E-state index contributed by atoms with van der Waals surface area (Å²) in [6.45, 7) is 4.02. The van der Waals surface area contributed by atoms with Crippen LogP contribution in [0.4, 0.5) is 0 Å². The zero-order valence-electron chi connectivity index (χ0n) is 15.1. The van der Waals surface area contributed by atoms with Crippen molar-refractivity contribution in [2.24, 2.45) is 0 Å². The predicted molar refractivity (Wildman–Crippen MR) is 101 cm³/mol. The Labute approximate surface area is 157 Å². The summed E-state index contributed by atoms with van der Waals surface area (Å²) in [6.07, 6.45) is 5.61. The molecule has 0 radical (unpaired) electrons. The van der Waals surface area contributed by atoms with E-state index in [1.807, 2.05) is 11.2 Å². The number of amides is 1. The van der Waals surface area contributed by atoms with Crippen LogP contribution in [0.15, 0.2) is 10.6 Å². The average molecular weight is 387 g/mol. The van der Waals surface area contributed by atoms with E-state index >= 15 is 0 Å². The lowest BCUT2D eigenvalue weighted by Gasteiger charge is -2.53. The molecule has 1 aromatic rings. The summed E-state index contributed by atoms with van der Waals surface area (Å²) >= 11 is 0. The second-order valence-corrected chi connectivity index (χ2v) is 9.66. The summed E-state index contributed by atoms with van der Waals surface area (Å²) in [6, 6.07) is 1.73. The maximum Gasteiger partial charge on any atom is 0.273 e. The smallest absolute Gasteiger partial charge is 0.273 e. The fraction of sp³-hybridized carbons (Fsp3) is 0.765. The number of hydrogen-bond donors (Lipinski definition) is 3. The van der Waals surface area contributed by atoms with Crippen LogP contribution in [-0.4, -0.2) is 60.5 Å². The quantitative estimate of drug-likeness (QED) is 0.715. The SMILES string of the molecule is C[C@H]1C[C@@H](NC(=O)c2cc(C3CC3)on2)CCN1S(O)(O)N1CCCC1.[HH]. The first-order valence-electron chi connectivity index (χ1n) is 9.52. The molecule has 9 heteroatoms. The van der Waals surface area contributed by atoms with Gasteiger partial charge in [-0.3, -0.25) is 13.9 Å². The molecule has 0 aromatic carbocycles. The van der Waals surface area contributed by atoms with Crippen LogP contribution in [0.25, 0.3) is 0 Å². The molecule has 8 nitrogen and oxygen atoms in total. The normalized spacial score (nSPS) is 29.0. The van der Waals surface area contributed by atoms with E-state index < -0.39 is 11.0 Å². The van der Waals surface area contributed by atoms with Crippen LogP contribution < -0.4 is 5.32 Å². The molecule has 148 valence electrons. The molecule has 26 heavy (non-hydrogen) atoms. The van der Waals surface area contributed by atoms with E-state index in [0.717, 1.165) is 44.5 Å². The van der Waals surface area contributed by atoms with Gasteiger partial charge in [-0.25, -0.2) is 0 Å². The van der Waals surface area contributed by atoms with Crippen LogP contribution in [-0.2, 0) is 0 Å². The molecule has 1 saturated carbocycles. The molecule has 3 fully saturated rings. The van der Waals surface area contributed by atoms with Crippen LogP contribution in [0.3, 0.4) is 0 Å². The highest BCUT2D eigenvalue weighted by Gasteiger charge is 2.39. The van der Waals surface area contributed by atoms with E-state index in [9.17, 15) is 13.9 Å². The van der Waals surface area contributed by atoms with Crippen LogP contribution >= 0.6 is 11.0 Å². The summed E-state index contributed by atoms with van der Waals surface area (Å²) in [7, 11) is -2.89. The van der Waals surface area contributed by atoms with Gasteiger partial charge in [-0.1, -0.05) is 16.1 Å². The van der Waals surface area contributed by atoms with Gasteiger partial charge in [-0.2, -0.15) is 8.61 Å². The summed E-state index contributed by atoms with van der Waals surface area (Å²) in [4.78, 5) is 12.4. The maximum absolute atomic E-state index is 12.4. The van der Waals surface area contributed by atoms with Gasteiger partial charge in [-0.05, 0) is 45.4 Å². The number of hydrogen-bond acceptors (Lipinski definition) is 7. The van der Waals surface area contributed by atoms with E-state index in [1.54, 1.807) is 10.4 Å². The molecule has 3 heterocycles. The van der Waals surface area contributed by atoms with Gasteiger partial charge in [0.1, 0.15) is 5.76 Å². The molecule has 3 aliphatic rings. The summed E-state index contributed by atoms with van der Waals surface area (Å²) < 4.78 is 30.3. The van der Waals surface area contributed by atoms with Gasteiger partial charge in [0.15, 0.2) is 5.69 Å². The topological polar surface area (TPSA) is 102 Å². The Morgan fingerprint density at radius 2 is 2.04 bits per heavy atom. The minimum Gasteiger partial charge on any atom is -0.360 e. The molecule has 1 amide bonds. The predicted octanol–water partition coefficient (Wildman–Crippen LogP) is 3.06. The van der Waals surface area contributed by atoms with Crippen LogP contribution in [0, 0.1) is 0 Å². The Morgan fingerprint density at radius 1 is 1.31 bits per heavy atom. The van der Waals surface area contributed by atoms with Crippen LogP contribution in [0.1, 0.15) is 69.0 Å². The summed E-state index contributed by atoms with van der Waals surface area (Å²) in [5.74, 6) is 1.03. The number of carbonyl (C=O) groups is 1. The number of rotatable bonds is 5. The van der Waals surface area contributed by atoms with E-state index in [0.29, 0.717) is 31.0 Å². The van der Waals surface area contributed by atoms with Crippen molar-refractivity contribution in [3.05, 3.63) is 17.5 Å². The van der Waals surface area contributed by atoms with Gasteiger partial charge in [0.25, 0.3) is 5.91 Å². The summed E-state index contributed by atoms with van der Waals surface area (Å²) in [5, 5.41) is 6.91. The van der Waals surface area contributed by atoms with Crippen LogP contribution in [0.2, 0.25) is 0 Å². The largest absolute Gasteiger partial charge is 0.360 e. The molecule has 4 rings (SSSR count). The molecule has 1 aliphatic carbocycles. The van der Waals surface area contributed by atoms with Gasteiger partial charge in [0, 0.05) is 45.1 Å². The van der Waals surface area contributed by atoms with Crippen LogP contribution in [0.5, 0.6) is 0 Å². The van der Waals surface area contributed by atoms with Crippen molar-refractivity contribution in [1.29, 1.82) is 0 Å². The molecule has 3 N–H and O–H groups in total. The Hall–Kier alpha value is -1.13. The molecule has 0 spiro atoms. The van der Waals surface area contributed by atoms with Crippen molar-refractivity contribution in [3.8, 4) is 0 Å². The first kappa shape index (κ1) is 18.2. The number of nitrogens with one attached hydrogen (secondary N) is 1. The van der Waals surface area contributed by atoms with Crippen molar-refractivity contribution < 1.29 is 19.8 Å². The van der Waals surface area contributed by atoms with Crippen molar-refractivity contribution in [3.63, 3.8) is 0 Å². The van der Waals surface area contributed by atoms with Gasteiger partial charge >= 0.3 is 0 Å². The first-order valence-corrected chi connectivity index (χ1v) is 11.0. The lowest BCUT2D eigenvalue weighted by Crippen LogP contribution is -2.52. The Bertz CT molecular complexity index is 663. The minimum atomic E-state index is -2.89. The molecule has 2 aliphatic heterocycles. The molecule has 0 unspecified atom stereocenters. The lowest BCUT2D eigenvalue weighted by atomic mass is 10.0. The highest BCUT2D eigenvalue weighted by molar-refractivity contribution is 8.20. The maximum atomic E-state index is 12.4. The molecule has 2 atom stereocenters. The third-order valence-electron chi connectivity index (χ3n) is 5.62. The number of carbonyl (C=O) groups excluding carboxylic acids is 1. The lowest BCUT2D eigenvalue weighted by molar-refractivity contribution is 0.0900. The third kappa shape index (κ3) is 3.63. The second kappa shape index (κ2) is 7.12. The zero-order chi connectivity index (χ0) is 18.3. The molecule has 2 saturated heterocycles.